The fourth-order valence-corrected chi connectivity index (χ4v) is 9.46. The van der Waals surface area contributed by atoms with Gasteiger partial charge in [0.15, 0.2) is 6.10 Å². The van der Waals surface area contributed by atoms with Crippen LogP contribution in [0.15, 0.2) is 109 Å². The fraction of sp³-hybridized carbons (Fsp3) is 0.716. The molecular formula is C74H126O6. The lowest BCUT2D eigenvalue weighted by atomic mass is 10.0. The van der Waals surface area contributed by atoms with Crippen LogP contribution in [0.25, 0.3) is 0 Å². The Morgan fingerprint density at radius 1 is 0.263 bits per heavy atom. The molecule has 0 fully saturated rings. The lowest BCUT2D eigenvalue weighted by Crippen LogP contribution is -2.30. The van der Waals surface area contributed by atoms with E-state index in [0.717, 1.165) is 96.3 Å². The van der Waals surface area contributed by atoms with E-state index in [4.69, 9.17) is 14.2 Å². The summed E-state index contributed by atoms with van der Waals surface area (Å²) in [7, 11) is 0. The summed E-state index contributed by atoms with van der Waals surface area (Å²) >= 11 is 0. The van der Waals surface area contributed by atoms with Gasteiger partial charge in [-0.1, -0.05) is 310 Å². The van der Waals surface area contributed by atoms with Crippen LogP contribution in [0.3, 0.4) is 0 Å². The van der Waals surface area contributed by atoms with Crippen LogP contribution in [-0.4, -0.2) is 37.2 Å². The molecule has 0 spiro atoms. The average Bonchev–Trinajstić information content (AvgIpc) is 3.46. The maximum Gasteiger partial charge on any atom is 0.306 e. The summed E-state index contributed by atoms with van der Waals surface area (Å²) in [6.45, 7) is 6.49. The van der Waals surface area contributed by atoms with Gasteiger partial charge < -0.3 is 14.2 Å². The number of hydrogen-bond acceptors (Lipinski definition) is 6. The molecule has 1 unspecified atom stereocenters. The topological polar surface area (TPSA) is 78.9 Å². The number of carbonyl (C=O) groups excluding carboxylic acids is 3. The number of carbonyl (C=O) groups is 3. The molecule has 458 valence electrons. The standard InChI is InChI=1S/C74H126O6/c1-4-7-10-13-16-19-22-25-27-29-31-33-35-36-37-38-40-41-43-45-47-49-52-55-58-61-64-67-73(76)79-70-71(69-78-72(75)66-63-60-57-54-51-24-21-18-15-12-9-6-3)80-74(77)68-65-62-59-56-53-50-48-46-44-42-39-34-32-30-28-26-23-20-17-14-11-8-5-2/h8,11,17,20,22,25-26,28-29,31-32,34,42,44,48,50,56,59,71H,4-7,9-10,12-16,18-19,21,23-24,27,30,33,35-41,43,45-47,49,51-55,57-58,60-70H2,1-3H3/b11-8-,20-17-,25-22-,28-26-,31-29-,34-32-,44-42-,50-48-,59-56-. The van der Waals surface area contributed by atoms with Crippen LogP contribution >= 0.6 is 0 Å². The lowest BCUT2D eigenvalue weighted by Gasteiger charge is -2.18. The fourth-order valence-electron chi connectivity index (χ4n) is 9.46. The molecule has 0 aliphatic carbocycles. The molecule has 1 atom stereocenters. The third-order valence-corrected chi connectivity index (χ3v) is 14.5. The Morgan fingerprint density at radius 2 is 0.500 bits per heavy atom. The number of allylic oxidation sites excluding steroid dienone is 18. The Kier molecular flexibility index (Phi) is 64.3. The van der Waals surface area contributed by atoms with Crippen molar-refractivity contribution in [1.29, 1.82) is 0 Å². The van der Waals surface area contributed by atoms with E-state index in [1.807, 2.05) is 0 Å². The smallest absolute Gasteiger partial charge is 0.306 e. The maximum atomic E-state index is 12.9. The highest BCUT2D eigenvalue weighted by Crippen LogP contribution is 2.17. The molecule has 0 saturated heterocycles. The molecule has 6 nitrogen and oxygen atoms in total. The van der Waals surface area contributed by atoms with Gasteiger partial charge in [-0.25, -0.2) is 0 Å². The van der Waals surface area contributed by atoms with E-state index in [1.54, 1.807) is 0 Å². The van der Waals surface area contributed by atoms with Gasteiger partial charge in [-0.2, -0.15) is 0 Å². The predicted octanol–water partition coefficient (Wildman–Crippen LogP) is 23.4. The number of hydrogen-bond donors (Lipinski definition) is 0. The molecule has 0 bridgehead atoms. The van der Waals surface area contributed by atoms with Crippen LogP contribution in [0.1, 0.15) is 323 Å². The minimum absolute atomic E-state index is 0.0989. The first-order chi connectivity index (χ1) is 39.5. The largest absolute Gasteiger partial charge is 0.462 e. The quantitative estimate of drug-likeness (QED) is 0.0261. The highest BCUT2D eigenvalue weighted by atomic mass is 16.6. The predicted molar refractivity (Wildman–Crippen MR) is 348 cm³/mol. The SMILES string of the molecule is CC/C=C\C/C=C\C/C=C\C/C=C\C/C=C\C/C=C\C/C=C\CCCC(=O)OC(COC(=O)CCCCCCCCCCCCCC)COC(=O)CCCCCCCCCCCCCCCCC/C=C\C/C=C\CCCCCCC. The van der Waals surface area contributed by atoms with E-state index >= 15 is 0 Å². The second kappa shape index (κ2) is 67.6. The summed E-state index contributed by atoms with van der Waals surface area (Å²) < 4.78 is 16.9. The van der Waals surface area contributed by atoms with E-state index in [9.17, 15) is 14.4 Å². The second-order valence-electron chi connectivity index (χ2n) is 22.4. The van der Waals surface area contributed by atoms with Crippen LogP contribution in [0, 0.1) is 0 Å². The van der Waals surface area contributed by atoms with Gasteiger partial charge in [0.05, 0.1) is 0 Å². The van der Waals surface area contributed by atoms with Crippen molar-refractivity contribution in [2.24, 2.45) is 0 Å². The zero-order valence-electron chi connectivity index (χ0n) is 52.6. The molecule has 0 heterocycles. The third-order valence-electron chi connectivity index (χ3n) is 14.5. The van der Waals surface area contributed by atoms with Gasteiger partial charge in [-0.3, -0.25) is 14.4 Å². The summed E-state index contributed by atoms with van der Waals surface area (Å²) in [5.74, 6) is -0.949. The van der Waals surface area contributed by atoms with Crippen LogP contribution in [-0.2, 0) is 28.6 Å². The van der Waals surface area contributed by atoms with Crippen molar-refractivity contribution >= 4 is 17.9 Å². The first kappa shape index (κ1) is 76.1. The first-order valence-corrected chi connectivity index (χ1v) is 33.9. The summed E-state index contributed by atoms with van der Waals surface area (Å²) in [6, 6.07) is 0. The molecule has 0 aromatic rings. The Balaban J connectivity index is 4.35. The maximum absolute atomic E-state index is 12.9. The summed E-state index contributed by atoms with van der Waals surface area (Å²) in [4.78, 5) is 38.3. The molecule has 0 radical (unpaired) electrons. The molecule has 0 rings (SSSR count). The highest BCUT2D eigenvalue weighted by molar-refractivity contribution is 5.71. The zero-order valence-corrected chi connectivity index (χ0v) is 52.6. The van der Waals surface area contributed by atoms with Gasteiger partial charge in [0.1, 0.15) is 13.2 Å². The molecule has 0 amide bonds. The number of esters is 3. The van der Waals surface area contributed by atoms with E-state index in [2.05, 4.69) is 130 Å². The van der Waals surface area contributed by atoms with E-state index in [0.29, 0.717) is 19.3 Å². The van der Waals surface area contributed by atoms with Crippen LogP contribution in [0.2, 0.25) is 0 Å². The first-order valence-electron chi connectivity index (χ1n) is 33.9. The third kappa shape index (κ3) is 64.9. The normalized spacial score (nSPS) is 12.8. The van der Waals surface area contributed by atoms with E-state index < -0.39 is 6.10 Å². The molecule has 80 heavy (non-hydrogen) atoms. The molecule has 6 heteroatoms. The molecule has 0 aliphatic heterocycles. The van der Waals surface area contributed by atoms with Gasteiger partial charge in [0.2, 0.25) is 0 Å². The summed E-state index contributed by atoms with van der Waals surface area (Å²) in [5.41, 5.74) is 0. The molecule has 0 saturated carbocycles. The number of ether oxygens (including phenoxy) is 3. The summed E-state index contributed by atoms with van der Waals surface area (Å²) in [6.07, 6.45) is 92.6. The highest BCUT2D eigenvalue weighted by Gasteiger charge is 2.19. The van der Waals surface area contributed by atoms with Crippen LogP contribution in [0.5, 0.6) is 0 Å². The number of unbranched alkanes of at least 4 members (excludes halogenated alkanes) is 32. The molecule has 0 N–H and O–H groups in total. The van der Waals surface area contributed by atoms with Crippen molar-refractivity contribution in [1.82, 2.24) is 0 Å². The minimum atomic E-state index is -0.809. The lowest BCUT2D eigenvalue weighted by molar-refractivity contribution is -0.167. The Bertz CT molecular complexity index is 1610. The van der Waals surface area contributed by atoms with Crippen LogP contribution in [0.4, 0.5) is 0 Å². The molecular weight excluding hydrogens is 985 g/mol. The Labute approximate surface area is 495 Å². The second-order valence-corrected chi connectivity index (χ2v) is 22.4. The van der Waals surface area contributed by atoms with Crippen molar-refractivity contribution in [2.45, 2.75) is 329 Å². The Hall–Kier alpha value is -3.93. The van der Waals surface area contributed by atoms with Crippen molar-refractivity contribution in [3.05, 3.63) is 109 Å². The number of rotatable bonds is 61. The van der Waals surface area contributed by atoms with Crippen LogP contribution < -0.4 is 0 Å². The van der Waals surface area contributed by atoms with Gasteiger partial charge in [0, 0.05) is 19.3 Å². The van der Waals surface area contributed by atoms with Gasteiger partial charge in [-0.15, -0.1) is 0 Å². The molecule has 0 aliphatic rings. The van der Waals surface area contributed by atoms with E-state index in [1.165, 1.54) is 180 Å². The van der Waals surface area contributed by atoms with Crippen molar-refractivity contribution < 1.29 is 28.6 Å². The Morgan fingerprint density at radius 3 is 0.800 bits per heavy atom. The average molecular weight is 1110 g/mol. The van der Waals surface area contributed by atoms with Gasteiger partial charge >= 0.3 is 17.9 Å². The van der Waals surface area contributed by atoms with Crippen molar-refractivity contribution in [3.63, 3.8) is 0 Å². The van der Waals surface area contributed by atoms with Gasteiger partial charge in [0.25, 0.3) is 0 Å². The van der Waals surface area contributed by atoms with Crippen molar-refractivity contribution in [2.75, 3.05) is 13.2 Å². The zero-order chi connectivity index (χ0) is 57.8. The summed E-state index contributed by atoms with van der Waals surface area (Å²) in [5, 5.41) is 0. The minimum Gasteiger partial charge on any atom is -0.462 e. The van der Waals surface area contributed by atoms with Crippen molar-refractivity contribution in [3.8, 4) is 0 Å². The van der Waals surface area contributed by atoms with E-state index in [-0.39, 0.29) is 37.5 Å². The molecule has 0 aromatic heterocycles. The monoisotopic (exact) mass is 1110 g/mol. The molecule has 0 aromatic carbocycles. The van der Waals surface area contributed by atoms with Gasteiger partial charge in [-0.05, 0) is 103 Å².